The van der Waals surface area contributed by atoms with Gasteiger partial charge in [0.05, 0.1) is 10.3 Å². The third-order valence-corrected chi connectivity index (χ3v) is 5.94. The lowest BCUT2D eigenvalue weighted by atomic mass is 10.1. The third kappa shape index (κ3) is 7.75. The summed E-state index contributed by atoms with van der Waals surface area (Å²) >= 11 is 0. The highest BCUT2D eigenvalue weighted by Crippen LogP contribution is 2.29. The van der Waals surface area contributed by atoms with Crippen LogP contribution in [-0.2, 0) is 22.7 Å². The molecular weight excluding hydrogens is 353 g/mol. The number of benzene rings is 1. The van der Waals surface area contributed by atoms with Crippen LogP contribution in [0.3, 0.4) is 0 Å². The molecule has 0 aliphatic heterocycles. The molecule has 8 heteroatoms. The van der Waals surface area contributed by atoms with Crippen molar-refractivity contribution in [3.8, 4) is 0 Å². The van der Waals surface area contributed by atoms with Crippen molar-refractivity contribution in [2.24, 2.45) is 0 Å². The molecular formula is C17H27F3N2O2S. The SMILES string of the molecule is CC(C)(C)S(=O)(=O)NCCCCCNCc1ccc(C(F)(F)F)cc1. The minimum atomic E-state index is -4.31. The maximum absolute atomic E-state index is 12.5. The average molecular weight is 380 g/mol. The number of unbranched alkanes of at least 4 members (excludes halogenated alkanes) is 2. The lowest BCUT2D eigenvalue weighted by Crippen LogP contribution is -2.39. The topological polar surface area (TPSA) is 58.2 Å². The van der Waals surface area contributed by atoms with Crippen molar-refractivity contribution < 1.29 is 21.6 Å². The molecule has 0 spiro atoms. The summed E-state index contributed by atoms with van der Waals surface area (Å²) in [6.45, 7) is 6.61. The Kier molecular flexibility index (Phi) is 7.89. The molecule has 0 aromatic heterocycles. The van der Waals surface area contributed by atoms with E-state index < -0.39 is 26.5 Å². The first-order valence-corrected chi connectivity index (χ1v) is 9.78. The van der Waals surface area contributed by atoms with Crippen LogP contribution in [0, 0.1) is 0 Å². The van der Waals surface area contributed by atoms with Crippen LogP contribution in [0.2, 0.25) is 0 Å². The van der Waals surface area contributed by atoms with Crippen LogP contribution < -0.4 is 10.0 Å². The van der Waals surface area contributed by atoms with E-state index in [9.17, 15) is 21.6 Å². The van der Waals surface area contributed by atoms with Gasteiger partial charge in [-0.25, -0.2) is 13.1 Å². The molecule has 0 aliphatic rings. The van der Waals surface area contributed by atoms with Crippen molar-refractivity contribution in [1.29, 1.82) is 0 Å². The molecule has 0 aliphatic carbocycles. The van der Waals surface area contributed by atoms with Gasteiger partial charge in [-0.1, -0.05) is 18.6 Å². The Balaban J connectivity index is 2.15. The second-order valence-electron chi connectivity index (χ2n) is 6.94. The van der Waals surface area contributed by atoms with Gasteiger partial charge in [0.15, 0.2) is 0 Å². The molecule has 1 aromatic carbocycles. The first kappa shape index (κ1) is 21.9. The molecule has 25 heavy (non-hydrogen) atoms. The maximum atomic E-state index is 12.5. The molecule has 2 N–H and O–H groups in total. The lowest BCUT2D eigenvalue weighted by molar-refractivity contribution is -0.137. The lowest BCUT2D eigenvalue weighted by Gasteiger charge is -2.19. The van der Waals surface area contributed by atoms with Crippen molar-refractivity contribution in [3.05, 3.63) is 35.4 Å². The van der Waals surface area contributed by atoms with Gasteiger partial charge in [0, 0.05) is 13.1 Å². The third-order valence-electron chi connectivity index (χ3n) is 3.74. The number of halogens is 3. The van der Waals surface area contributed by atoms with Gasteiger partial charge in [0.1, 0.15) is 0 Å². The van der Waals surface area contributed by atoms with Gasteiger partial charge in [0.2, 0.25) is 10.0 Å². The predicted octanol–water partition coefficient (Wildman–Crippen LogP) is 3.68. The summed E-state index contributed by atoms with van der Waals surface area (Å²) in [5.74, 6) is 0. The zero-order valence-corrected chi connectivity index (χ0v) is 15.7. The first-order valence-electron chi connectivity index (χ1n) is 8.29. The van der Waals surface area contributed by atoms with Crippen molar-refractivity contribution in [3.63, 3.8) is 0 Å². The van der Waals surface area contributed by atoms with Gasteiger partial charge >= 0.3 is 6.18 Å². The molecule has 4 nitrogen and oxygen atoms in total. The summed E-state index contributed by atoms with van der Waals surface area (Å²) in [6, 6.07) is 5.10. The van der Waals surface area contributed by atoms with E-state index in [0.717, 1.165) is 43.5 Å². The fraction of sp³-hybridized carbons (Fsp3) is 0.647. The summed E-state index contributed by atoms with van der Waals surface area (Å²) in [7, 11) is -3.29. The highest BCUT2D eigenvalue weighted by Gasteiger charge is 2.30. The maximum Gasteiger partial charge on any atom is 0.416 e. The number of rotatable bonds is 9. The molecule has 144 valence electrons. The van der Waals surface area contributed by atoms with E-state index >= 15 is 0 Å². The molecule has 0 saturated carbocycles. The summed E-state index contributed by atoms with van der Waals surface area (Å²) < 4.78 is 62.8. The van der Waals surface area contributed by atoms with Gasteiger partial charge in [-0.05, 0) is 57.9 Å². The smallest absolute Gasteiger partial charge is 0.313 e. The Morgan fingerprint density at radius 3 is 2.00 bits per heavy atom. The Morgan fingerprint density at radius 1 is 0.920 bits per heavy atom. The Hall–Kier alpha value is -1.12. The summed E-state index contributed by atoms with van der Waals surface area (Å²) in [6.07, 6.45) is -1.82. The molecule has 0 radical (unpaired) electrons. The molecule has 0 bridgehead atoms. The van der Waals surface area contributed by atoms with Crippen molar-refractivity contribution >= 4 is 10.0 Å². The summed E-state index contributed by atoms with van der Waals surface area (Å²) in [5, 5.41) is 3.17. The van der Waals surface area contributed by atoms with E-state index in [4.69, 9.17) is 0 Å². The fourth-order valence-electron chi connectivity index (χ4n) is 2.02. The predicted molar refractivity (Wildman–Crippen MR) is 93.7 cm³/mol. The Bertz CT molecular complexity index is 621. The zero-order chi connectivity index (χ0) is 19.1. The normalized spacial score (nSPS) is 13.2. The highest BCUT2D eigenvalue weighted by atomic mass is 32.2. The molecule has 0 heterocycles. The van der Waals surface area contributed by atoms with E-state index in [0.29, 0.717) is 13.1 Å². The van der Waals surface area contributed by atoms with E-state index in [1.54, 1.807) is 20.8 Å². The van der Waals surface area contributed by atoms with Gasteiger partial charge in [-0.2, -0.15) is 13.2 Å². The highest BCUT2D eigenvalue weighted by molar-refractivity contribution is 7.90. The molecule has 0 saturated heterocycles. The number of sulfonamides is 1. The van der Waals surface area contributed by atoms with E-state index in [-0.39, 0.29) is 0 Å². The van der Waals surface area contributed by atoms with Gasteiger partial charge < -0.3 is 5.32 Å². The van der Waals surface area contributed by atoms with Crippen LogP contribution in [0.1, 0.15) is 51.2 Å². The molecule has 1 rings (SSSR count). The zero-order valence-electron chi connectivity index (χ0n) is 14.9. The number of hydrogen-bond acceptors (Lipinski definition) is 3. The minimum absolute atomic E-state index is 0.415. The summed E-state index contributed by atoms with van der Waals surface area (Å²) in [4.78, 5) is 0. The second-order valence-corrected chi connectivity index (χ2v) is 9.46. The Morgan fingerprint density at radius 2 is 1.48 bits per heavy atom. The van der Waals surface area contributed by atoms with Crippen LogP contribution in [0.25, 0.3) is 0 Å². The Labute approximate surface area is 148 Å². The molecule has 1 aromatic rings. The van der Waals surface area contributed by atoms with Crippen molar-refractivity contribution in [1.82, 2.24) is 10.0 Å². The minimum Gasteiger partial charge on any atom is -0.313 e. The molecule has 0 fully saturated rings. The average Bonchev–Trinajstić information content (AvgIpc) is 2.48. The van der Waals surface area contributed by atoms with Crippen LogP contribution in [0.15, 0.2) is 24.3 Å². The number of nitrogens with one attached hydrogen (secondary N) is 2. The van der Waals surface area contributed by atoms with Crippen molar-refractivity contribution in [2.75, 3.05) is 13.1 Å². The standard InChI is InChI=1S/C17H27F3N2O2S/c1-16(2,3)25(23,24)22-12-6-4-5-11-21-13-14-7-9-15(10-8-14)17(18,19)20/h7-10,21-22H,4-6,11-13H2,1-3H3. The molecule has 0 amide bonds. The van der Waals surface area contributed by atoms with Crippen LogP contribution in [-0.4, -0.2) is 26.3 Å². The van der Waals surface area contributed by atoms with Gasteiger partial charge in [-0.15, -0.1) is 0 Å². The van der Waals surface area contributed by atoms with Crippen LogP contribution >= 0.6 is 0 Å². The van der Waals surface area contributed by atoms with E-state index in [1.165, 1.54) is 12.1 Å². The van der Waals surface area contributed by atoms with Gasteiger partial charge in [-0.3, -0.25) is 0 Å². The first-order chi connectivity index (χ1) is 11.4. The van der Waals surface area contributed by atoms with E-state index in [1.807, 2.05) is 0 Å². The molecule has 0 unspecified atom stereocenters. The van der Waals surface area contributed by atoms with Crippen LogP contribution in [0.4, 0.5) is 13.2 Å². The van der Waals surface area contributed by atoms with Crippen LogP contribution in [0.5, 0.6) is 0 Å². The fourth-order valence-corrected chi connectivity index (χ4v) is 2.87. The monoisotopic (exact) mass is 380 g/mol. The molecule has 0 atom stereocenters. The van der Waals surface area contributed by atoms with Gasteiger partial charge in [0.25, 0.3) is 0 Å². The second kappa shape index (κ2) is 9.00. The number of hydrogen-bond donors (Lipinski definition) is 2. The largest absolute Gasteiger partial charge is 0.416 e. The van der Waals surface area contributed by atoms with E-state index in [2.05, 4.69) is 10.0 Å². The van der Waals surface area contributed by atoms with Crippen molar-refractivity contribution in [2.45, 2.75) is 57.5 Å². The quantitative estimate of drug-likeness (QED) is 0.643. The summed E-state index contributed by atoms with van der Waals surface area (Å²) in [5.41, 5.74) is 0.153. The number of alkyl halides is 3.